The van der Waals surface area contributed by atoms with Crippen molar-refractivity contribution in [3.63, 3.8) is 0 Å². The van der Waals surface area contributed by atoms with Crippen LogP contribution in [0.4, 0.5) is 26.1 Å². The number of nitrogens with zero attached hydrogens (tertiary/aromatic N) is 2. The predicted molar refractivity (Wildman–Crippen MR) is 108 cm³/mol. The number of benzene rings is 1. The molecule has 2 aromatic rings. The van der Waals surface area contributed by atoms with E-state index < -0.39 is 23.9 Å². The third-order valence-electron chi connectivity index (χ3n) is 5.53. The van der Waals surface area contributed by atoms with E-state index in [2.05, 4.69) is 20.6 Å². The number of fused-ring (bicyclic) bond motifs is 1. The highest BCUT2D eigenvalue weighted by Gasteiger charge is 2.44. The van der Waals surface area contributed by atoms with E-state index in [4.69, 9.17) is 16.2 Å². The Labute approximate surface area is 172 Å². The molecule has 10 heteroatoms. The molecule has 1 aromatic carbocycles. The van der Waals surface area contributed by atoms with Crippen molar-refractivity contribution >= 4 is 23.2 Å². The standard InChI is InChI=1S/C20H24F2N6O2/c21-20(22)6-1-2-14(17(20)23)27-15-9-25-16(18(24)29)19(28-15)26-13-4-3-11-5-7-30-10-12(11)8-13/h3-4,8-9,14,17H,1-2,5-7,10,23H2,(H2,24,29)(H2,26,27,28)/t14-,17-/m1/s1. The zero-order valence-corrected chi connectivity index (χ0v) is 16.3. The van der Waals surface area contributed by atoms with Crippen LogP contribution in [0.1, 0.15) is 40.9 Å². The predicted octanol–water partition coefficient (Wildman–Crippen LogP) is 2.32. The summed E-state index contributed by atoms with van der Waals surface area (Å²) in [6, 6.07) is 3.78. The molecule has 0 radical (unpaired) electrons. The van der Waals surface area contributed by atoms with Gasteiger partial charge in [-0.2, -0.15) is 0 Å². The SMILES string of the molecule is NC(=O)c1ncc(N[C@@H]2CCCC(F)(F)[C@@H]2N)nc1Nc1ccc2c(c1)COCC2. The summed E-state index contributed by atoms with van der Waals surface area (Å²) < 4.78 is 33.4. The van der Waals surface area contributed by atoms with Gasteiger partial charge in [0.15, 0.2) is 11.5 Å². The van der Waals surface area contributed by atoms with Gasteiger partial charge in [-0.25, -0.2) is 18.7 Å². The number of amides is 1. The summed E-state index contributed by atoms with van der Waals surface area (Å²) in [4.78, 5) is 20.2. The third-order valence-corrected chi connectivity index (χ3v) is 5.53. The Bertz CT molecular complexity index is 955. The van der Waals surface area contributed by atoms with Gasteiger partial charge in [-0.15, -0.1) is 0 Å². The molecule has 6 N–H and O–H groups in total. The van der Waals surface area contributed by atoms with Crippen LogP contribution in [0, 0.1) is 0 Å². The maximum absolute atomic E-state index is 13.9. The number of carbonyl (C=O) groups is 1. The molecule has 0 spiro atoms. The second-order valence-corrected chi connectivity index (χ2v) is 7.66. The van der Waals surface area contributed by atoms with Crippen LogP contribution in [0.25, 0.3) is 0 Å². The first-order valence-electron chi connectivity index (χ1n) is 9.87. The van der Waals surface area contributed by atoms with E-state index in [-0.39, 0.29) is 23.8 Å². The lowest BCUT2D eigenvalue weighted by Crippen LogP contribution is -2.55. The number of primary amides is 1. The molecular formula is C20H24F2N6O2. The molecule has 1 fully saturated rings. The van der Waals surface area contributed by atoms with Gasteiger partial charge in [0.25, 0.3) is 11.8 Å². The van der Waals surface area contributed by atoms with Gasteiger partial charge in [-0.1, -0.05) is 6.07 Å². The van der Waals surface area contributed by atoms with Crippen molar-refractivity contribution in [1.82, 2.24) is 9.97 Å². The number of ether oxygens (including phenoxy) is 1. The van der Waals surface area contributed by atoms with E-state index in [0.717, 1.165) is 12.0 Å². The Hall–Kier alpha value is -2.85. The van der Waals surface area contributed by atoms with Gasteiger partial charge in [0, 0.05) is 18.2 Å². The summed E-state index contributed by atoms with van der Waals surface area (Å²) in [5.74, 6) is -3.32. The fourth-order valence-electron chi connectivity index (χ4n) is 3.86. The molecule has 30 heavy (non-hydrogen) atoms. The molecular weight excluding hydrogens is 394 g/mol. The Morgan fingerprint density at radius 1 is 1.30 bits per heavy atom. The van der Waals surface area contributed by atoms with E-state index in [1.165, 1.54) is 11.8 Å². The normalized spacial score (nSPS) is 22.8. The highest BCUT2D eigenvalue weighted by Crippen LogP contribution is 2.34. The zero-order valence-electron chi connectivity index (χ0n) is 16.3. The van der Waals surface area contributed by atoms with Gasteiger partial charge in [-0.05, 0) is 42.5 Å². The molecule has 2 aliphatic rings. The van der Waals surface area contributed by atoms with Crippen molar-refractivity contribution in [3.8, 4) is 0 Å². The average Bonchev–Trinajstić information content (AvgIpc) is 2.71. The first-order chi connectivity index (χ1) is 14.3. The molecule has 2 atom stereocenters. The number of nitrogens with one attached hydrogen (secondary N) is 2. The van der Waals surface area contributed by atoms with Gasteiger partial charge in [0.2, 0.25) is 0 Å². The van der Waals surface area contributed by atoms with Crippen LogP contribution >= 0.6 is 0 Å². The third kappa shape index (κ3) is 4.19. The molecule has 1 aliphatic carbocycles. The second kappa shape index (κ2) is 8.11. The van der Waals surface area contributed by atoms with E-state index in [9.17, 15) is 13.6 Å². The minimum atomic E-state index is -2.94. The van der Waals surface area contributed by atoms with E-state index in [0.29, 0.717) is 31.7 Å². The smallest absolute Gasteiger partial charge is 0.271 e. The number of hydrogen-bond donors (Lipinski definition) is 4. The van der Waals surface area contributed by atoms with Crippen LogP contribution in [-0.4, -0.2) is 40.5 Å². The monoisotopic (exact) mass is 418 g/mol. The molecule has 0 saturated heterocycles. The Morgan fingerprint density at radius 2 is 2.13 bits per heavy atom. The fourth-order valence-corrected chi connectivity index (χ4v) is 3.86. The highest BCUT2D eigenvalue weighted by molar-refractivity contribution is 5.96. The van der Waals surface area contributed by atoms with Crippen molar-refractivity contribution in [1.29, 1.82) is 0 Å². The number of hydrogen-bond acceptors (Lipinski definition) is 7. The maximum atomic E-state index is 13.9. The fraction of sp³-hybridized carbons (Fsp3) is 0.450. The highest BCUT2D eigenvalue weighted by atomic mass is 19.3. The molecule has 4 rings (SSSR count). The molecule has 1 aliphatic heterocycles. The molecule has 1 amide bonds. The number of carbonyl (C=O) groups excluding carboxylic acids is 1. The lowest BCUT2D eigenvalue weighted by Gasteiger charge is -2.36. The van der Waals surface area contributed by atoms with Crippen molar-refractivity contribution < 1.29 is 18.3 Å². The minimum absolute atomic E-state index is 0.0483. The molecule has 2 heterocycles. The number of alkyl halides is 2. The lowest BCUT2D eigenvalue weighted by atomic mass is 9.87. The van der Waals surface area contributed by atoms with E-state index in [1.54, 1.807) is 0 Å². The quantitative estimate of drug-likeness (QED) is 0.587. The molecule has 8 nitrogen and oxygen atoms in total. The summed E-state index contributed by atoms with van der Waals surface area (Å²) in [6.07, 6.45) is 2.75. The first-order valence-corrected chi connectivity index (χ1v) is 9.87. The Morgan fingerprint density at radius 3 is 2.93 bits per heavy atom. The molecule has 160 valence electrons. The molecule has 1 aromatic heterocycles. The molecule has 0 bridgehead atoms. The van der Waals surface area contributed by atoms with Gasteiger partial charge in [0.05, 0.1) is 25.5 Å². The largest absolute Gasteiger partial charge is 0.376 e. The summed E-state index contributed by atoms with van der Waals surface area (Å²) in [5, 5.41) is 6.00. The van der Waals surface area contributed by atoms with E-state index >= 15 is 0 Å². The van der Waals surface area contributed by atoms with Crippen LogP contribution < -0.4 is 22.1 Å². The van der Waals surface area contributed by atoms with Crippen LogP contribution in [0.3, 0.4) is 0 Å². The molecule has 0 unspecified atom stereocenters. The lowest BCUT2D eigenvalue weighted by molar-refractivity contribution is -0.0554. The number of rotatable bonds is 5. The van der Waals surface area contributed by atoms with Gasteiger partial charge in [0.1, 0.15) is 5.82 Å². The summed E-state index contributed by atoms with van der Waals surface area (Å²) in [6.45, 7) is 1.20. The number of anilines is 3. The van der Waals surface area contributed by atoms with Crippen LogP contribution in [0.2, 0.25) is 0 Å². The number of nitrogens with two attached hydrogens (primary N) is 2. The maximum Gasteiger partial charge on any atom is 0.271 e. The number of aromatic nitrogens is 2. The van der Waals surface area contributed by atoms with Crippen molar-refractivity contribution in [2.75, 3.05) is 17.2 Å². The number of halogens is 2. The zero-order chi connectivity index (χ0) is 21.3. The van der Waals surface area contributed by atoms with Crippen LogP contribution in [-0.2, 0) is 17.8 Å². The van der Waals surface area contributed by atoms with Gasteiger partial charge >= 0.3 is 0 Å². The van der Waals surface area contributed by atoms with Gasteiger partial charge in [-0.3, -0.25) is 4.79 Å². The van der Waals surface area contributed by atoms with Crippen molar-refractivity contribution in [3.05, 3.63) is 41.2 Å². The van der Waals surface area contributed by atoms with E-state index in [1.807, 2.05) is 18.2 Å². The summed E-state index contributed by atoms with van der Waals surface area (Å²) >= 11 is 0. The first kappa shape index (κ1) is 20.4. The summed E-state index contributed by atoms with van der Waals surface area (Å²) in [7, 11) is 0. The Kier molecular flexibility index (Phi) is 5.52. The Balaban J connectivity index is 1.58. The summed E-state index contributed by atoms with van der Waals surface area (Å²) in [5.41, 5.74) is 14.1. The minimum Gasteiger partial charge on any atom is -0.376 e. The van der Waals surface area contributed by atoms with Crippen molar-refractivity contribution in [2.24, 2.45) is 11.5 Å². The van der Waals surface area contributed by atoms with Crippen LogP contribution in [0.15, 0.2) is 24.4 Å². The van der Waals surface area contributed by atoms with Crippen molar-refractivity contribution in [2.45, 2.75) is 50.3 Å². The average molecular weight is 418 g/mol. The topological polar surface area (TPSA) is 128 Å². The van der Waals surface area contributed by atoms with Crippen LogP contribution in [0.5, 0.6) is 0 Å². The molecule has 1 saturated carbocycles. The second-order valence-electron chi connectivity index (χ2n) is 7.66. The van der Waals surface area contributed by atoms with Gasteiger partial charge < -0.3 is 26.8 Å².